The fraction of sp³-hybridized carbons (Fsp3) is 0.500. The van der Waals surface area contributed by atoms with Gasteiger partial charge in [-0.1, -0.05) is 6.07 Å². The first-order valence-corrected chi connectivity index (χ1v) is 7.26. The molecular formula is C16H21NO6. The van der Waals surface area contributed by atoms with Gasteiger partial charge in [-0.3, -0.25) is 4.79 Å². The summed E-state index contributed by atoms with van der Waals surface area (Å²) in [7, 11) is 4.54. The summed E-state index contributed by atoms with van der Waals surface area (Å²) >= 11 is 0. The van der Waals surface area contributed by atoms with Crippen molar-refractivity contribution in [3.8, 4) is 11.5 Å². The first-order chi connectivity index (χ1) is 11.0. The van der Waals surface area contributed by atoms with Gasteiger partial charge in [-0.15, -0.1) is 0 Å². The van der Waals surface area contributed by atoms with Gasteiger partial charge in [0.15, 0.2) is 0 Å². The third-order valence-corrected chi connectivity index (χ3v) is 4.06. The fourth-order valence-electron chi connectivity index (χ4n) is 2.83. The third-order valence-electron chi connectivity index (χ3n) is 4.06. The molecule has 1 fully saturated rings. The van der Waals surface area contributed by atoms with E-state index < -0.39 is 12.0 Å². The maximum absolute atomic E-state index is 12.6. The van der Waals surface area contributed by atoms with Crippen LogP contribution in [-0.4, -0.2) is 61.9 Å². The number of rotatable bonds is 6. The van der Waals surface area contributed by atoms with Gasteiger partial charge < -0.3 is 24.2 Å². The Morgan fingerprint density at radius 2 is 1.83 bits per heavy atom. The molecular weight excluding hydrogens is 302 g/mol. The number of carbonyl (C=O) groups excluding carboxylic acids is 1. The minimum Gasteiger partial charge on any atom is -0.496 e. The molecule has 0 radical (unpaired) electrons. The maximum Gasteiger partial charge on any atom is 0.326 e. The molecule has 0 aliphatic carbocycles. The van der Waals surface area contributed by atoms with E-state index in [1.807, 2.05) is 0 Å². The van der Waals surface area contributed by atoms with Gasteiger partial charge in [0.2, 0.25) is 5.91 Å². The Balaban J connectivity index is 2.23. The zero-order valence-corrected chi connectivity index (χ0v) is 13.4. The lowest BCUT2D eigenvalue weighted by Crippen LogP contribution is -2.41. The summed E-state index contributed by atoms with van der Waals surface area (Å²) < 4.78 is 15.8. The van der Waals surface area contributed by atoms with E-state index in [1.54, 1.807) is 18.2 Å². The number of nitrogens with zero attached hydrogens (tertiary/aromatic N) is 1. The topological polar surface area (TPSA) is 85.3 Å². The summed E-state index contributed by atoms with van der Waals surface area (Å²) in [6, 6.07) is 4.37. The van der Waals surface area contributed by atoms with Gasteiger partial charge in [0.1, 0.15) is 17.5 Å². The van der Waals surface area contributed by atoms with Crippen LogP contribution < -0.4 is 9.47 Å². The van der Waals surface area contributed by atoms with Crippen molar-refractivity contribution in [3.05, 3.63) is 23.8 Å². The Bertz CT molecular complexity index is 566. The second-order valence-electron chi connectivity index (χ2n) is 5.31. The molecule has 0 aromatic heterocycles. The molecule has 1 heterocycles. The lowest BCUT2D eigenvalue weighted by molar-refractivity contribution is -0.148. The number of amides is 1. The number of aliphatic carboxylic acids is 1. The number of methoxy groups -OCH3 is 3. The molecule has 126 valence electrons. The molecule has 1 N–H and O–H groups in total. The number of benzene rings is 1. The lowest BCUT2D eigenvalue weighted by atomic mass is 10.1. The summed E-state index contributed by atoms with van der Waals surface area (Å²) in [4.78, 5) is 25.4. The van der Waals surface area contributed by atoms with Crippen LogP contribution in [0.3, 0.4) is 0 Å². The highest BCUT2D eigenvalue weighted by molar-refractivity contribution is 5.86. The van der Waals surface area contributed by atoms with E-state index in [2.05, 4.69) is 0 Å². The van der Waals surface area contributed by atoms with Gasteiger partial charge in [-0.25, -0.2) is 4.79 Å². The summed E-state index contributed by atoms with van der Waals surface area (Å²) in [5, 5.41) is 9.31. The van der Waals surface area contributed by atoms with Crippen molar-refractivity contribution >= 4 is 11.9 Å². The summed E-state index contributed by atoms with van der Waals surface area (Å²) in [6.07, 6.45) is 0.0354. The van der Waals surface area contributed by atoms with Crippen molar-refractivity contribution in [3.63, 3.8) is 0 Å². The van der Waals surface area contributed by atoms with E-state index in [4.69, 9.17) is 14.2 Å². The lowest BCUT2D eigenvalue weighted by Gasteiger charge is -2.22. The fourth-order valence-corrected chi connectivity index (χ4v) is 2.83. The maximum atomic E-state index is 12.6. The third kappa shape index (κ3) is 3.56. The Morgan fingerprint density at radius 1 is 1.22 bits per heavy atom. The normalized spacial score (nSPS) is 20.4. The van der Waals surface area contributed by atoms with Gasteiger partial charge >= 0.3 is 5.97 Å². The summed E-state index contributed by atoms with van der Waals surface area (Å²) in [5.74, 6) is -0.247. The molecule has 2 unspecified atom stereocenters. The molecule has 1 saturated heterocycles. The monoisotopic (exact) mass is 323 g/mol. The van der Waals surface area contributed by atoms with Crippen LogP contribution in [0.15, 0.2) is 18.2 Å². The number of likely N-dealkylation sites (tertiary alicyclic amines) is 1. The van der Waals surface area contributed by atoms with Gasteiger partial charge in [0.25, 0.3) is 0 Å². The van der Waals surface area contributed by atoms with Crippen LogP contribution >= 0.6 is 0 Å². The second-order valence-corrected chi connectivity index (χ2v) is 5.31. The van der Waals surface area contributed by atoms with Crippen molar-refractivity contribution in [1.29, 1.82) is 0 Å². The van der Waals surface area contributed by atoms with Crippen LogP contribution in [-0.2, 0) is 20.7 Å². The molecule has 1 amide bonds. The van der Waals surface area contributed by atoms with Crippen LogP contribution in [0.25, 0.3) is 0 Å². The molecule has 1 aromatic rings. The quantitative estimate of drug-likeness (QED) is 0.839. The van der Waals surface area contributed by atoms with Crippen LogP contribution in [0.4, 0.5) is 0 Å². The zero-order valence-electron chi connectivity index (χ0n) is 13.4. The predicted molar refractivity (Wildman–Crippen MR) is 81.8 cm³/mol. The Hall–Kier alpha value is -2.28. The minimum atomic E-state index is -1.02. The smallest absolute Gasteiger partial charge is 0.326 e. The molecule has 0 saturated carbocycles. The molecule has 7 heteroatoms. The van der Waals surface area contributed by atoms with Crippen LogP contribution in [0.1, 0.15) is 12.0 Å². The van der Waals surface area contributed by atoms with Gasteiger partial charge in [-0.05, 0) is 12.1 Å². The first-order valence-electron chi connectivity index (χ1n) is 7.26. The Kier molecular flexibility index (Phi) is 5.44. The highest BCUT2D eigenvalue weighted by Crippen LogP contribution is 2.30. The molecule has 1 aromatic carbocycles. The van der Waals surface area contributed by atoms with Crippen molar-refractivity contribution in [2.24, 2.45) is 0 Å². The highest BCUT2D eigenvalue weighted by Gasteiger charge is 2.40. The molecule has 2 atom stereocenters. The molecule has 0 spiro atoms. The van der Waals surface area contributed by atoms with Gasteiger partial charge in [-0.2, -0.15) is 0 Å². The number of carbonyl (C=O) groups is 2. The SMILES string of the molecule is COc1cccc(OC)c1CC(=O)N1CC(OC)CC1C(=O)O. The minimum absolute atomic E-state index is 0.00734. The van der Waals surface area contributed by atoms with E-state index in [-0.39, 0.29) is 25.0 Å². The van der Waals surface area contributed by atoms with E-state index in [9.17, 15) is 14.7 Å². The first kappa shape index (κ1) is 17.1. The standard InChI is InChI=1S/C16H21NO6/c1-21-10-7-12(16(19)20)17(9-10)15(18)8-11-13(22-2)5-4-6-14(11)23-3/h4-6,10,12H,7-9H2,1-3H3,(H,19,20). The largest absolute Gasteiger partial charge is 0.496 e. The molecule has 7 nitrogen and oxygen atoms in total. The number of carboxylic acid groups (broad SMARTS) is 1. The average molecular weight is 323 g/mol. The van der Waals surface area contributed by atoms with E-state index in [1.165, 1.54) is 26.2 Å². The van der Waals surface area contributed by atoms with Gasteiger partial charge in [0.05, 0.1) is 26.7 Å². The van der Waals surface area contributed by atoms with E-state index in [0.717, 1.165) is 0 Å². The van der Waals surface area contributed by atoms with Crippen LogP contribution in [0, 0.1) is 0 Å². The zero-order chi connectivity index (χ0) is 17.0. The predicted octanol–water partition coefficient (Wildman–Crippen LogP) is 0.947. The van der Waals surface area contributed by atoms with Crippen molar-refractivity contribution in [2.75, 3.05) is 27.9 Å². The molecule has 2 rings (SSSR count). The molecule has 23 heavy (non-hydrogen) atoms. The molecule has 1 aliphatic heterocycles. The van der Waals surface area contributed by atoms with Crippen molar-refractivity contribution in [1.82, 2.24) is 4.90 Å². The summed E-state index contributed by atoms with van der Waals surface area (Å²) in [6.45, 7) is 0.268. The van der Waals surface area contributed by atoms with Crippen LogP contribution in [0.2, 0.25) is 0 Å². The Morgan fingerprint density at radius 3 is 2.30 bits per heavy atom. The van der Waals surface area contributed by atoms with Crippen molar-refractivity contribution in [2.45, 2.75) is 25.0 Å². The number of ether oxygens (including phenoxy) is 3. The number of hydrogen-bond acceptors (Lipinski definition) is 5. The van der Waals surface area contributed by atoms with Gasteiger partial charge in [0, 0.05) is 25.6 Å². The Labute approximate surface area is 134 Å². The molecule has 0 bridgehead atoms. The molecule has 1 aliphatic rings. The second kappa shape index (κ2) is 7.32. The summed E-state index contributed by atoms with van der Waals surface area (Å²) in [5.41, 5.74) is 0.604. The van der Waals surface area contributed by atoms with E-state index in [0.29, 0.717) is 23.5 Å². The average Bonchev–Trinajstić information content (AvgIpc) is 2.99. The van der Waals surface area contributed by atoms with Crippen molar-refractivity contribution < 1.29 is 28.9 Å². The highest BCUT2D eigenvalue weighted by atomic mass is 16.5. The number of hydrogen-bond donors (Lipinski definition) is 1. The van der Waals surface area contributed by atoms with E-state index >= 15 is 0 Å². The van der Waals surface area contributed by atoms with Crippen LogP contribution in [0.5, 0.6) is 11.5 Å². The number of carboxylic acids is 1.